The zero-order valence-electron chi connectivity index (χ0n) is 19.4. The first-order valence-electron chi connectivity index (χ1n) is 11.0. The second-order valence-electron chi connectivity index (χ2n) is 8.59. The van der Waals surface area contributed by atoms with Gasteiger partial charge in [-0.25, -0.2) is 18.1 Å². The number of carbonyl (C=O) groups excluding carboxylic acids is 1. The number of anilines is 1. The molecule has 0 bridgehead atoms. The van der Waals surface area contributed by atoms with Gasteiger partial charge in [-0.1, -0.05) is 24.3 Å². The molecule has 0 aliphatic carbocycles. The number of rotatable bonds is 8. The monoisotopic (exact) mass is 498 g/mol. The number of sulfonamides is 1. The molecule has 2 heterocycles. The Morgan fingerprint density at radius 1 is 1.12 bits per heavy atom. The number of pyridine rings is 1. The third kappa shape index (κ3) is 6.69. The van der Waals surface area contributed by atoms with Gasteiger partial charge in [-0.05, 0) is 49.4 Å². The minimum atomic E-state index is -4.54. The summed E-state index contributed by atoms with van der Waals surface area (Å²) < 4.78 is 64.6. The van der Waals surface area contributed by atoms with E-state index >= 15 is 0 Å². The highest BCUT2D eigenvalue weighted by Gasteiger charge is 2.34. The lowest BCUT2D eigenvalue weighted by molar-refractivity contribution is -0.141. The normalized spacial score (nSPS) is 15.4. The molecular weight excluding hydrogens is 469 g/mol. The van der Waals surface area contributed by atoms with Gasteiger partial charge in [0.05, 0.1) is 12.2 Å². The van der Waals surface area contributed by atoms with Gasteiger partial charge in [-0.15, -0.1) is 0 Å². The largest absolute Gasteiger partial charge is 0.433 e. The van der Waals surface area contributed by atoms with Crippen LogP contribution >= 0.6 is 0 Å². The third-order valence-corrected chi connectivity index (χ3v) is 6.56. The summed E-state index contributed by atoms with van der Waals surface area (Å²) in [6, 6.07) is 7.70. The van der Waals surface area contributed by atoms with Crippen LogP contribution in [0.3, 0.4) is 0 Å². The summed E-state index contributed by atoms with van der Waals surface area (Å²) in [6.45, 7) is 5.06. The van der Waals surface area contributed by atoms with E-state index in [1.54, 1.807) is 19.1 Å². The molecule has 2 aromatic rings. The Morgan fingerprint density at radius 2 is 1.76 bits per heavy atom. The number of halogens is 3. The van der Waals surface area contributed by atoms with Crippen LogP contribution in [-0.2, 0) is 34.1 Å². The van der Waals surface area contributed by atoms with E-state index in [4.69, 9.17) is 0 Å². The highest BCUT2D eigenvalue weighted by atomic mass is 32.2. The summed E-state index contributed by atoms with van der Waals surface area (Å²) in [4.78, 5) is 18.5. The van der Waals surface area contributed by atoms with Crippen molar-refractivity contribution in [2.24, 2.45) is 0 Å². The summed E-state index contributed by atoms with van der Waals surface area (Å²) >= 11 is 0. The van der Waals surface area contributed by atoms with Gasteiger partial charge in [0.15, 0.2) is 0 Å². The van der Waals surface area contributed by atoms with Crippen molar-refractivity contribution in [3.05, 3.63) is 58.3 Å². The number of hydrogen-bond acceptors (Lipinski definition) is 5. The average molecular weight is 499 g/mol. The van der Waals surface area contributed by atoms with Gasteiger partial charge < -0.3 is 10.2 Å². The fourth-order valence-corrected chi connectivity index (χ4v) is 4.28. The van der Waals surface area contributed by atoms with E-state index in [1.165, 1.54) is 6.07 Å². The molecule has 1 unspecified atom stereocenters. The molecule has 11 heteroatoms. The molecule has 1 amide bonds. The van der Waals surface area contributed by atoms with E-state index in [-0.39, 0.29) is 24.8 Å². The van der Waals surface area contributed by atoms with Crippen molar-refractivity contribution in [2.75, 3.05) is 24.2 Å². The van der Waals surface area contributed by atoms with Gasteiger partial charge in [0.25, 0.3) is 0 Å². The van der Waals surface area contributed by atoms with Gasteiger partial charge in [-0.3, -0.25) is 4.79 Å². The van der Waals surface area contributed by atoms with E-state index in [0.717, 1.165) is 41.9 Å². The van der Waals surface area contributed by atoms with Gasteiger partial charge in [0, 0.05) is 31.7 Å². The summed E-state index contributed by atoms with van der Waals surface area (Å²) in [5.74, 6) is -0.513. The van der Waals surface area contributed by atoms with Gasteiger partial charge in [0.2, 0.25) is 15.9 Å². The van der Waals surface area contributed by atoms with Crippen molar-refractivity contribution >= 4 is 21.7 Å². The molecule has 1 aliphatic rings. The van der Waals surface area contributed by atoms with E-state index in [1.807, 2.05) is 17.9 Å². The first-order chi connectivity index (χ1) is 15.8. The quantitative estimate of drug-likeness (QED) is 0.582. The van der Waals surface area contributed by atoms with Crippen molar-refractivity contribution in [1.29, 1.82) is 0 Å². The minimum absolute atomic E-state index is 0.0650. The van der Waals surface area contributed by atoms with Crippen molar-refractivity contribution < 1.29 is 26.4 Å². The number of nitrogens with zero attached hydrogens (tertiary/aromatic N) is 2. The second-order valence-corrected chi connectivity index (χ2v) is 10.4. The van der Waals surface area contributed by atoms with E-state index in [9.17, 15) is 26.4 Å². The highest BCUT2D eigenvalue weighted by Crippen LogP contribution is 2.32. The molecular formula is C23H29F3N4O3S. The maximum absolute atomic E-state index is 13.2. The topological polar surface area (TPSA) is 91.4 Å². The lowest BCUT2D eigenvalue weighted by Crippen LogP contribution is -2.30. The van der Waals surface area contributed by atoms with E-state index in [2.05, 4.69) is 15.0 Å². The SMILES string of the molecule is Cc1cc(C(C)C(=O)NCc2ccc(C(F)(F)F)nc2N2CCCC2)ccc1CNS(C)(=O)=O. The highest BCUT2D eigenvalue weighted by molar-refractivity contribution is 7.88. The third-order valence-electron chi connectivity index (χ3n) is 5.89. The summed E-state index contributed by atoms with van der Waals surface area (Å²) in [6.07, 6.45) is -1.68. The Balaban J connectivity index is 1.71. The maximum atomic E-state index is 13.2. The van der Waals surface area contributed by atoms with Crippen LogP contribution < -0.4 is 14.9 Å². The average Bonchev–Trinajstić information content (AvgIpc) is 3.29. The molecule has 0 spiro atoms. The number of benzene rings is 1. The maximum Gasteiger partial charge on any atom is 0.433 e. The lowest BCUT2D eigenvalue weighted by Gasteiger charge is -2.22. The first-order valence-corrected chi connectivity index (χ1v) is 12.9. The molecule has 0 radical (unpaired) electrons. The van der Waals surface area contributed by atoms with Gasteiger partial charge >= 0.3 is 6.18 Å². The number of aromatic nitrogens is 1. The molecule has 0 saturated carbocycles. The van der Waals surface area contributed by atoms with Gasteiger partial charge in [0.1, 0.15) is 11.5 Å². The van der Waals surface area contributed by atoms with Gasteiger partial charge in [-0.2, -0.15) is 13.2 Å². The Labute approximate surface area is 197 Å². The number of hydrogen-bond donors (Lipinski definition) is 2. The Morgan fingerprint density at radius 3 is 2.35 bits per heavy atom. The molecule has 1 aromatic heterocycles. The number of nitrogens with one attached hydrogen (secondary N) is 2. The standard InChI is InChI=1S/C23H29F3N4O3S/c1-15-12-17(6-7-18(15)14-28-34(3,32)33)16(2)22(31)27-13-19-8-9-20(23(24,25)26)29-21(19)30-10-4-5-11-30/h6-9,12,16,28H,4-5,10-11,13-14H2,1-3H3,(H,27,31). The molecule has 3 rings (SSSR count). The Bertz CT molecular complexity index is 1150. The fraction of sp³-hybridized carbons (Fsp3) is 0.478. The molecule has 34 heavy (non-hydrogen) atoms. The van der Waals surface area contributed by atoms with Crippen LogP contribution in [0.5, 0.6) is 0 Å². The predicted octanol–water partition coefficient (Wildman–Crippen LogP) is 3.48. The summed E-state index contributed by atoms with van der Waals surface area (Å²) in [5, 5.41) is 2.82. The lowest BCUT2D eigenvalue weighted by atomic mass is 9.96. The number of aryl methyl sites for hydroxylation is 1. The van der Waals surface area contributed by atoms with Crippen molar-refractivity contribution in [2.45, 2.75) is 51.9 Å². The molecule has 1 aliphatic heterocycles. The van der Waals surface area contributed by atoms with Crippen LogP contribution in [0.25, 0.3) is 0 Å². The van der Waals surface area contributed by atoms with Crippen LogP contribution in [0.4, 0.5) is 19.0 Å². The molecule has 1 fully saturated rings. The summed E-state index contributed by atoms with van der Waals surface area (Å²) in [5.41, 5.74) is 1.99. The number of amides is 1. The zero-order valence-corrected chi connectivity index (χ0v) is 20.2. The van der Waals surface area contributed by atoms with Crippen LogP contribution in [0.2, 0.25) is 0 Å². The van der Waals surface area contributed by atoms with Crippen LogP contribution in [0.15, 0.2) is 30.3 Å². The Kier molecular flexibility index (Phi) is 7.87. The van der Waals surface area contributed by atoms with Crippen molar-refractivity contribution in [3.63, 3.8) is 0 Å². The molecule has 7 nitrogen and oxygen atoms in total. The van der Waals surface area contributed by atoms with E-state index in [0.29, 0.717) is 18.7 Å². The van der Waals surface area contributed by atoms with E-state index < -0.39 is 27.8 Å². The fourth-order valence-electron chi connectivity index (χ4n) is 3.86. The number of alkyl halides is 3. The molecule has 1 aromatic carbocycles. The summed E-state index contributed by atoms with van der Waals surface area (Å²) in [7, 11) is -3.32. The zero-order chi connectivity index (χ0) is 25.1. The molecule has 1 atom stereocenters. The van der Waals surface area contributed by atoms with Crippen molar-refractivity contribution in [1.82, 2.24) is 15.0 Å². The van der Waals surface area contributed by atoms with Crippen LogP contribution in [0.1, 0.15) is 53.6 Å². The first kappa shape index (κ1) is 26.0. The smallest absolute Gasteiger partial charge is 0.356 e. The molecule has 2 N–H and O–H groups in total. The second kappa shape index (κ2) is 10.3. The number of carbonyl (C=O) groups is 1. The van der Waals surface area contributed by atoms with Crippen LogP contribution in [-0.4, -0.2) is 38.7 Å². The Hall–Kier alpha value is -2.66. The van der Waals surface area contributed by atoms with Crippen LogP contribution in [0, 0.1) is 6.92 Å². The minimum Gasteiger partial charge on any atom is -0.356 e. The predicted molar refractivity (Wildman–Crippen MR) is 124 cm³/mol. The molecule has 1 saturated heterocycles. The molecule has 186 valence electrons. The van der Waals surface area contributed by atoms with Crippen molar-refractivity contribution in [3.8, 4) is 0 Å².